The summed E-state index contributed by atoms with van der Waals surface area (Å²) in [6.07, 6.45) is 5.16. The minimum Gasteiger partial charge on any atom is -0.491 e. The van der Waals surface area contributed by atoms with Gasteiger partial charge in [0.1, 0.15) is 24.3 Å². The first-order valence-corrected chi connectivity index (χ1v) is 12.6. The standard InChI is InChI=1S/C28H32ClN3O2.ClH/c29-23-11-9-22(10-12-23)18-25-20-33-27(21-34-26-6-2-1-3-7-26)19-32(25)24-13-16-31(17-14-24)28-8-4-5-15-30-28;/h1-12,15,24-25,27H,13-14,16-21H2;1H/t25-,27+;/m0./s1. The number of benzene rings is 2. The van der Waals surface area contributed by atoms with E-state index in [0.717, 1.165) is 55.5 Å². The van der Waals surface area contributed by atoms with Crippen molar-refractivity contribution in [3.05, 3.63) is 89.6 Å². The number of para-hydroxylation sites is 1. The highest BCUT2D eigenvalue weighted by molar-refractivity contribution is 6.30. The van der Waals surface area contributed by atoms with Crippen LogP contribution in [0, 0.1) is 0 Å². The third kappa shape index (κ3) is 6.89. The molecule has 3 heterocycles. The number of hydrogen-bond donors (Lipinski definition) is 0. The van der Waals surface area contributed by atoms with Gasteiger partial charge in [-0.15, -0.1) is 12.4 Å². The van der Waals surface area contributed by atoms with Gasteiger partial charge >= 0.3 is 0 Å². The number of pyridine rings is 1. The molecule has 2 aromatic carbocycles. The van der Waals surface area contributed by atoms with E-state index in [1.807, 2.05) is 54.7 Å². The fourth-order valence-electron chi connectivity index (χ4n) is 5.07. The normalized spacial score (nSPS) is 21.3. The molecule has 2 saturated heterocycles. The van der Waals surface area contributed by atoms with Gasteiger partial charge in [-0.3, -0.25) is 4.90 Å². The van der Waals surface area contributed by atoms with Crippen LogP contribution in [-0.4, -0.2) is 60.9 Å². The zero-order valence-corrected chi connectivity index (χ0v) is 21.4. The number of ether oxygens (including phenoxy) is 2. The number of hydrogen-bond acceptors (Lipinski definition) is 5. The SMILES string of the molecule is Cl.Clc1ccc(C[C@H]2CO[C@@H](COc3ccccc3)CN2C2CCN(c3ccccn3)CC2)cc1. The molecule has 0 amide bonds. The lowest BCUT2D eigenvalue weighted by Crippen LogP contribution is -2.58. The van der Waals surface area contributed by atoms with Crippen molar-refractivity contribution in [2.45, 2.75) is 37.5 Å². The number of aromatic nitrogens is 1. The number of nitrogens with zero attached hydrogens (tertiary/aromatic N) is 3. The van der Waals surface area contributed by atoms with E-state index in [4.69, 9.17) is 21.1 Å². The second-order valence-corrected chi connectivity index (χ2v) is 9.60. The summed E-state index contributed by atoms with van der Waals surface area (Å²) in [6, 6.07) is 25.2. The van der Waals surface area contributed by atoms with Gasteiger partial charge in [0.15, 0.2) is 0 Å². The maximum Gasteiger partial charge on any atom is 0.128 e. The quantitative estimate of drug-likeness (QED) is 0.415. The summed E-state index contributed by atoms with van der Waals surface area (Å²) in [6.45, 7) is 4.22. The lowest BCUT2D eigenvalue weighted by atomic mass is 9.96. The first kappa shape index (κ1) is 25.8. The van der Waals surface area contributed by atoms with E-state index in [9.17, 15) is 0 Å². The highest BCUT2D eigenvalue weighted by Gasteiger charge is 2.35. The van der Waals surface area contributed by atoms with Crippen molar-refractivity contribution < 1.29 is 9.47 Å². The topological polar surface area (TPSA) is 37.8 Å². The highest BCUT2D eigenvalue weighted by atomic mass is 35.5. The number of piperidine rings is 1. The van der Waals surface area contributed by atoms with Crippen LogP contribution in [0.25, 0.3) is 0 Å². The summed E-state index contributed by atoms with van der Waals surface area (Å²) >= 11 is 6.11. The fourth-order valence-corrected chi connectivity index (χ4v) is 5.20. The van der Waals surface area contributed by atoms with Gasteiger partial charge in [0.05, 0.1) is 6.61 Å². The van der Waals surface area contributed by atoms with Crippen molar-refractivity contribution in [3.8, 4) is 5.75 Å². The molecule has 7 heteroatoms. The summed E-state index contributed by atoms with van der Waals surface area (Å²) in [5, 5.41) is 0.778. The molecule has 186 valence electrons. The van der Waals surface area contributed by atoms with Gasteiger partial charge < -0.3 is 14.4 Å². The predicted octanol–water partition coefficient (Wildman–Crippen LogP) is 5.52. The van der Waals surface area contributed by atoms with Crippen molar-refractivity contribution in [2.75, 3.05) is 37.7 Å². The summed E-state index contributed by atoms with van der Waals surface area (Å²) in [7, 11) is 0. The van der Waals surface area contributed by atoms with Crippen molar-refractivity contribution in [3.63, 3.8) is 0 Å². The monoisotopic (exact) mass is 513 g/mol. The molecular formula is C28H33Cl2N3O2. The Labute approximate surface area is 219 Å². The van der Waals surface area contributed by atoms with E-state index in [2.05, 4.69) is 39.0 Å². The minimum absolute atomic E-state index is 0. The molecular weight excluding hydrogens is 481 g/mol. The molecule has 5 rings (SSSR count). The molecule has 2 fully saturated rings. The molecule has 1 aromatic heterocycles. The molecule has 0 saturated carbocycles. The van der Waals surface area contributed by atoms with Crippen LogP contribution in [0.3, 0.4) is 0 Å². The molecule has 0 N–H and O–H groups in total. The molecule has 0 unspecified atom stereocenters. The molecule has 2 atom stereocenters. The molecule has 3 aromatic rings. The molecule has 5 nitrogen and oxygen atoms in total. The van der Waals surface area contributed by atoms with Gasteiger partial charge in [0, 0.05) is 42.9 Å². The Balaban J connectivity index is 0.00000289. The van der Waals surface area contributed by atoms with E-state index in [0.29, 0.717) is 25.3 Å². The zero-order chi connectivity index (χ0) is 23.2. The van der Waals surface area contributed by atoms with Crippen molar-refractivity contribution in [1.29, 1.82) is 0 Å². The summed E-state index contributed by atoms with van der Waals surface area (Å²) < 4.78 is 12.3. The third-order valence-electron chi connectivity index (χ3n) is 6.88. The second-order valence-electron chi connectivity index (χ2n) is 9.17. The molecule has 2 aliphatic rings. The predicted molar refractivity (Wildman–Crippen MR) is 144 cm³/mol. The van der Waals surface area contributed by atoms with E-state index in [1.165, 1.54) is 5.56 Å². The first-order valence-electron chi connectivity index (χ1n) is 12.2. The van der Waals surface area contributed by atoms with Crippen molar-refractivity contribution >= 4 is 29.8 Å². The maximum atomic E-state index is 6.31. The molecule has 2 aliphatic heterocycles. The highest BCUT2D eigenvalue weighted by Crippen LogP contribution is 2.27. The third-order valence-corrected chi connectivity index (χ3v) is 7.13. The van der Waals surface area contributed by atoms with Crippen LogP contribution >= 0.6 is 24.0 Å². The van der Waals surface area contributed by atoms with Gasteiger partial charge in [-0.05, 0) is 61.2 Å². The Kier molecular flexibility index (Phi) is 9.27. The van der Waals surface area contributed by atoms with Crippen LogP contribution in [-0.2, 0) is 11.2 Å². The van der Waals surface area contributed by atoms with Crippen LogP contribution in [0.5, 0.6) is 5.75 Å². The van der Waals surface area contributed by atoms with Gasteiger partial charge in [-0.2, -0.15) is 0 Å². The summed E-state index contributed by atoms with van der Waals surface area (Å²) in [4.78, 5) is 9.64. The Bertz CT molecular complexity index is 1020. The van der Waals surface area contributed by atoms with E-state index < -0.39 is 0 Å². The molecule has 0 spiro atoms. The molecule has 35 heavy (non-hydrogen) atoms. The molecule has 0 bridgehead atoms. The van der Waals surface area contributed by atoms with Crippen LogP contribution in [0.15, 0.2) is 79.0 Å². The van der Waals surface area contributed by atoms with E-state index in [-0.39, 0.29) is 18.5 Å². The van der Waals surface area contributed by atoms with Crippen LogP contribution in [0.1, 0.15) is 18.4 Å². The molecule has 0 aliphatic carbocycles. The van der Waals surface area contributed by atoms with Gasteiger partial charge in [0.2, 0.25) is 0 Å². The van der Waals surface area contributed by atoms with Crippen LogP contribution in [0.2, 0.25) is 5.02 Å². The van der Waals surface area contributed by atoms with Gasteiger partial charge in [0.25, 0.3) is 0 Å². The Morgan fingerprint density at radius 3 is 2.40 bits per heavy atom. The Hall–Kier alpha value is -2.31. The van der Waals surface area contributed by atoms with Crippen molar-refractivity contribution in [2.24, 2.45) is 0 Å². The van der Waals surface area contributed by atoms with Gasteiger partial charge in [-0.1, -0.05) is 48.0 Å². The van der Waals surface area contributed by atoms with E-state index in [1.54, 1.807) is 0 Å². The number of halogens is 2. The van der Waals surface area contributed by atoms with Gasteiger partial charge in [-0.25, -0.2) is 4.98 Å². The number of morpholine rings is 1. The Morgan fingerprint density at radius 1 is 0.943 bits per heavy atom. The largest absolute Gasteiger partial charge is 0.491 e. The molecule has 0 radical (unpaired) electrons. The van der Waals surface area contributed by atoms with E-state index >= 15 is 0 Å². The number of rotatable bonds is 7. The van der Waals surface area contributed by atoms with Crippen molar-refractivity contribution in [1.82, 2.24) is 9.88 Å². The Morgan fingerprint density at radius 2 is 1.69 bits per heavy atom. The average Bonchev–Trinajstić information content (AvgIpc) is 2.90. The first-order chi connectivity index (χ1) is 16.7. The van der Waals surface area contributed by atoms with Crippen LogP contribution < -0.4 is 9.64 Å². The smallest absolute Gasteiger partial charge is 0.128 e. The summed E-state index contributed by atoms with van der Waals surface area (Å²) in [5.41, 5.74) is 1.30. The second kappa shape index (κ2) is 12.6. The summed E-state index contributed by atoms with van der Waals surface area (Å²) in [5.74, 6) is 1.97. The lowest BCUT2D eigenvalue weighted by molar-refractivity contribution is -0.0946. The average molecular weight is 514 g/mol. The fraction of sp³-hybridized carbons (Fsp3) is 0.393. The zero-order valence-electron chi connectivity index (χ0n) is 19.8. The lowest BCUT2D eigenvalue weighted by Gasteiger charge is -2.47. The maximum absolute atomic E-state index is 6.31. The van der Waals surface area contributed by atoms with Crippen LogP contribution in [0.4, 0.5) is 5.82 Å². The number of anilines is 1. The minimum atomic E-state index is 0.